The van der Waals surface area contributed by atoms with Gasteiger partial charge in [0.25, 0.3) is 10.0 Å². The van der Waals surface area contributed by atoms with Crippen LogP contribution < -0.4 is 4.72 Å². The Bertz CT molecular complexity index is 1050. The molecule has 1 aromatic carbocycles. The molecule has 142 valence electrons. The van der Waals surface area contributed by atoms with Crippen LogP contribution in [0.15, 0.2) is 46.7 Å². The molecule has 9 heteroatoms. The summed E-state index contributed by atoms with van der Waals surface area (Å²) in [5.74, 6) is -1.13. The van der Waals surface area contributed by atoms with E-state index in [0.717, 1.165) is 33.2 Å². The van der Waals surface area contributed by atoms with Gasteiger partial charge >= 0.3 is 5.97 Å². The molecule has 2 heterocycles. The molecule has 0 atom stereocenters. The van der Waals surface area contributed by atoms with E-state index < -0.39 is 21.8 Å². The minimum atomic E-state index is -3.98. The molecule has 0 saturated heterocycles. The van der Waals surface area contributed by atoms with Crippen molar-refractivity contribution in [1.29, 1.82) is 0 Å². The molecule has 0 amide bonds. The lowest BCUT2D eigenvalue weighted by Gasteiger charge is -2.10. The number of carbonyl (C=O) groups is 1. The van der Waals surface area contributed by atoms with Crippen molar-refractivity contribution >= 4 is 43.7 Å². The topological polar surface area (TPSA) is 72.5 Å². The summed E-state index contributed by atoms with van der Waals surface area (Å²) < 4.78 is 46.1. The minimum Gasteiger partial charge on any atom is -0.462 e. The van der Waals surface area contributed by atoms with Crippen molar-refractivity contribution in [3.63, 3.8) is 0 Å². The minimum absolute atomic E-state index is 0.0950. The van der Waals surface area contributed by atoms with Gasteiger partial charge in [0.15, 0.2) is 0 Å². The second-order valence-corrected chi connectivity index (χ2v) is 9.35. The Morgan fingerprint density at radius 2 is 1.93 bits per heavy atom. The molecular weight excluding hydrogens is 409 g/mol. The molecular formula is C18H16FNO4S3. The van der Waals surface area contributed by atoms with Crippen LogP contribution in [0.4, 0.5) is 9.39 Å². The lowest BCUT2D eigenvalue weighted by molar-refractivity contribution is 0.0529. The molecule has 5 nitrogen and oxygen atoms in total. The fourth-order valence-corrected chi connectivity index (χ4v) is 5.79. The van der Waals surface area contributed by atoms with E-state index in [1.165, 1.54) is 23.5 Å². The van der Waals surface area contributed by atoms with Crippen LogP contribution in [-0.4, -0.2) is 21.0 Å². The molecule has 0 saturated carbocycles. The van der Waals surface area contributed by atoms with Crippen molar-refractivity contribution in [2.45, 2.75) is 18.7 Å². The predicted molar refractivity (Wildman–Crippen MR) is 106 cm³/mol. The fraction of sp³-hybridized carbons (Fsp3) is 0.167. The van der Waals surface area contributed by atoms with Gasteiger partial charge in [-0.3, -0.25) is 4.72 Å². The molecule has 0 spiro atoms. The van der Waals surface area contributed by atoms with E-state index >= 15 is 0 Å². The maximum absolute atomic E-state index is 13.1. The highest BCUT2D eigenvalue weighted by atomic mass is 32.2. The van der Waals surface area contributed by atoms with Gasteiger partial charge in [-0.05, 0) is 49.6 Å². The van der Waals surface area contributed by atoms with E-state index in [1.807, 2.05) is 24.4 Å². The zero-order chi connectivity index (χ0) is 19.6. The van der Waals surface area contributed by atoms with Gasteiger partial charge in [-0.25, -0.2) is 17.6 Å². The molecule has 27 heavy (non-hydrogen) atoms. The number of nitrogens with one attached hydrogen (secondary N) is 1. The van der Waals surface area contributed by atoms with Gasteiger partial charge in [0.1, 0.15) is 16.4 Å². The quantitative estimate of drug-likeness (QED) is 0.570. The molecule has 0 aliphatic carbocycles. The molecule has 3 rings (SSSR count). The van der Waals surface area contributed by atoms with Gasteiger partial charge in [0.2, 0.25) is 0 Å². The van der Waals surface area contributed by atoms with Gasteiger partial charge in [0.05, 0.1) is 11.5 Å². The number of sulfonamides is 1. The third kappa shape index (κ3) is 4.05. The summed E-state index contributed by atoms with van der Waals surface area (Å²) in [4.78, 5) is 14.1. The summed E-state index contributed by atoms with van der Waals surface area (Å²) in [6.45, 7) is 3.67. The molecule has 0 aliphatic heterocycles. The number of hydrogen-bond acceptors (Lipinski definition) is 6. The van der Waals surface area contributed by atoms with Crippen LogP contribution in [0.25, 0.3) is 10.4 Å². The van der Waals surface area contributed by atoms with Gasteiger partial charge in [-0.15, -0.1) is 22.7 Å². The third-order valence-corrected chi connectivity index (χ3v) is 7.09. The molecule has 0 radical (unpaired) electrons. The van der Waals surface area contributed by atoms with Crippen LogP contribution in [0, 0.1) is 12.7 Å². The molecule has 0 aliphatic rings. The first-order valence-corrected chi connectivity index (χ1v) is 11.1. The van der Waals surface area contributed by atoms with E-state index in [9.17, 15) is 17.6 Å². The number of halogens is 1. The van der Waals surface area contributed by atoms with Gasteiger partial charge in [0, 0.05) is 15.3 Å². The zero-order valence-electron chi connectivity index (χ0n) is 14.5. The molecule has 0 bridgehead atoms. The van der Waals surface area contributed by atoms with Crippen LogP contribution >= 0.6 is 22.7 Å². The second kappa shape index (κ2) is 7.79. The summed E-state index contributed by atoms with van der Waals surface area (Å²) in [5.41, 5.74) is 0.845. The van der Waals surface area contributed by atoms with Crippen LogP contribution in [0.5, 0.6) is 0 Å². The number of anilines is 1. The molecule has 0 fully saturated rings. The van der Waals surface area contributed by atoms with Crippen LogP contribution in [-0.2, 0) is 14.8 Å². The number of carbonyl (C=O) groups excluding carboxylic acids is 1. The Morgan fingerprint density at radius 3 is 2.52 bits per heavy atom. The first-order valence-electron chi connectivity index (χ1n) is 7.96. The predicted octanol–water partition coefficient (Wildman–Crippen LogP) is 4.90. The van der Waals surface area contributed by atoms with Crippen LogP contribution in [0.2, 0.25) is 0 Å². The van der Waals surface area contributed by atoms with E-state index in [2.05, 4.69) is 4.72 Å². The number of hydrogen-bond donors (Lipinski definition) is 1. The maximum Gasteiger partial charge on any atom is 0.341 e. The van der Waals surface area contributed by atoms with E-state index in [-0.39, 0.29) is 22.1 Å². The fourth-order valence-electron chi connectivity index (χ4n) is 2.53. The van der Waals surface area contributed by atoms with E-state index in [4.69, 9.17) is 4.74 Å². The Hall–Kier alpha value is -2.23. The van der Waals surface area contributed by atoms with Crippen molar-refractivity contribution in [2.75, 3.05) is 11.3 Å². The smallest absolute Gasteiger partial charge is 0.341 e. The zero-order valence-corrected chi connectivity index (χ0v) is 16.9. The lowest BCUT2D eigenvalue weighted by Crippen LogP contribution is -2.15. The van der Waals surface area contributed by atoms with Crippen molar-refractivity contribution in [3.8, 4) is 10.4 Å². The highest BCUT2D eigenvalue weighted by Gasteiger charge is 2.28. The van der Waals surface area contributed by atoms with Gasteiger partial charge in [-0.1, -0.05) is 6.07 Å². The first kappa shape index (κ1) is 19.5. The average molecular weight is 426 g/mol. The van der Waals surface area contributed by atoms with Crippen molar-refractivity contribution in [1.82, 2.24) is 0 Å². The highest BCUT2D eigenvalue weighted by molar-refractivity contribution is 7.93. The number of ether oxygens (including phenoxy) is 1. The van der Waals surface area contributed by atoms with Crippen LogP contribution in [0.1, 0.15) is 22.2 Å². The maximum atomic E-state index is 13.1. The Morgan fingerprint density at radius 1 is 1.22 bits per heavy atom. The van der Waals surface area contributed by atoms with E-state index in [1.54, 1.807) is 6.92 Å². The second-order valence-electron chi connectivity index (χ2n) is 5.49. The van der Waals surface area contributed by atoms with Gasteiger partial charge in [-0.2, -0.15) is 0 Å². The SMILES string of the molecule is CCOC(=O)c1c(NS(=O)(=O)c2ccc(F)cc2)sc(C)c1-c1cccs1. The summed E-state index contributed by atoms with van der Waals surface area (Å²) >= 11 is 2.61. The molecule has 0 unspecified atom stereocenters. The number of benzene rings is 1. The lowest BCUT2D eigenvalue weighted by atomic mass is 10.1. The summed E-state index contributed by atoms with van der Waals surface area (Å²) in [5, 5.41) is 2.06. The number of esters is 1. The van der Waals surface area contributed by atoms with E-state index in [0.29, 0.717) is 5.56 Å². The Balaban J connectivity index is 2.09. The Labute approximate surface area is 164 Å². The first-order chi connectivity index (χ1) is 12.8. The van der Waals surface area contributed by atoms with Crippen molar-refractivity contribution in [2.24, 2.45) is 0 Å². The summed E-state index contributed by atoms with van der Waals surface area (Å²) in [7, 11) is -3.98. The largest absolute Gasteiger partial charge is 0.462 e. The summed E-state index contributed by atoms with van der Waals surface area (Å²) in [6, 6.07) is 8.19. The molecule has 1 N–H and O–H groups in total. The highest BCUT2D eigenvalue weighted by Crippen LogP contribution is 2.42. The monoisotopic (exact) mass is 425 g/mol. The molecule has 3 aromatic rings. The number of rotatable bonds is 6. The van der Waals surface area contributed by atoms with Gasteiger partial charge < -0.3 is 4.74 Å². The van der Waals surface area contributed by atoms with Crippen molar-refractivity contribution < 1.29 is 22.3 Å². The normalized spacial score (nSPS) is 11.4. The standard InChI is InChI=1S/C18H16FNO4S3/c1-3-24-18(21)16-15(14-5-4-10-25-14)11(2)26-17(16)20-27(22,23)13-8-6-12(19)7-9-13/h4-10,20H,3H2,1-2H3. The summed E-state index contributed by atoms with van der Waals surface area (Å²) in [6.07, 6.45) is 0. The third-order valence-electron chi connectivity index (χ3n) is 3.68. The van der Waals surface area contributed by atoms with Crippen LogP contribution in [0.3, 0.4) is 0 Å². The number of thiophene rings is 2. The molecule has 2 aromatic heterocycles. The Kier molecular flexibility index (Phi) is 5.64. The number of aryl methyl sites for hydroxylation is 1. The van der Waals surface area contributed by atoms with Crippen molar-refractivity contribution in [3.05, 3.63) is 58.0 Å². The average Bonchev–Trinajstić information content (AvgIpc) is 3.22.